The predicted molar refractivity (Wildman–Crippen MR) is 45.1 cm³/mol. The lowest BCUT2D eigenvalue weighted by Gasteiger charge is -2.06. The van der Waals surface area contributed by atoms with Gasteiger partial charge >= 0.3 is 8.18 Å². The van der Waals surface area contributed by atoms with Gasteiger partial charge in [-0.15, -0.1) is 0 Å². The van der Waals surface area contributed by atoms with Crippen LogP contribution in [0.3, 0.4) is 0 Å². The molecule has 0 amide bonds. The maximum absolute atomic E-state index is 10.7. The molecule has 1 aliphatic rings. The molecule has 1 atom stereocenters. The molecule has 0 saturated heterocycles. The Kier molecular flexibility index (Phi) is 1.83. The monoisotopic (exact) mass is 181 g/mol. The molecule has 0 saturated carbocycles. The summed E-state index contributed by atoms with van der Waals surface area (Å²) in [5.41, 5.74) is 1.96. The van der Waals surface area contributed by atoms with Gasteiger partial charge in [0.15, 0.2) is 0 Å². The van der Waals surface area contributed by atoms with Crippen molar-refractivity contribution in [3.8, 4) is 0 Å². The third-order valence-corrected chi connectivity index (χ3v) is 2.87. The van der Waals surface area contributed by atoms with Crippen LogP contribution in [0, 0.1) is 0 Å². The Morgan fingerprint density at radius 3 is 2.92 bits per heavy atom. The molecule has 0 aromatic heterocycles. The molecule has 62 valence electrons. The largest absolute Gasteiger partial charge is 0.573 e. The fraction of sp³-hybridized carbons (Fsp3) is 0.250. The number of nitrogens with zero attached hydrogens (tertiary/aromatic N) is 1. The van der Waals surface area contributed by atoms with Gasteiger partial charge in [0, 0.05) is 0 Å². The molecule has 0 radical (unpaired) electrons. The van der Waals surface area contributed by atoms with Crippen LogP contribution in [-0.2, 0) is 11.0 Å². The highest BCUT2D eigenvalue weighted by atomic mass is 31.1. The molecule has 12 heavy (non-hydrogen) atoms. The van der Waals surface area contributed by atoms with Crippen molar-refractivity contribution in [3.05, 3.63) is 29.8 Å². The summed E-state index contributed by atoms with van der Waals surface area (Å²) in [6.45, 7) is 0.595. The normalized spacial score (nSPS) is 16.1. The van der Waals surface area contributed by atoms with Crippen LogP contribution < -0.4 is 9.56 Å². The first-order valence-corrected chi connectivity index (χ1v) is 4.92. The van der Waals surface area contributed by atoms with E-state index in [2.05, 4.69) is 0 Å². The van der Waals surface area contributed by atoms with E-state index in [0.717, 1.165) is 17.7 Å². The summed E-state index contributed by atoms with van der Waals surface area (Å²) in [6.07, 6.45) is 0.833. The zero-order chi connectivity index (χ0) is 8.55. The summed E-state index contributed by atoms with van der Waals surface area (Å²) in [6, 6.07) is 7.60. The topological polar surface area (TPSA) is 43.4 Å². The number of rotatable bonds is 1. The number of hydrogen-bond acceptors (Lipinski definition) is 2. The lowest BCUT2D eigenvalue weighted by molar-refractivity contribution is -0.164. The van der Waals surface area contributed by atoms with E-state index in [9.17, 15) is 9.46 Å². The van der Waals surface area contributed by atoms with Crippen LogP contribution in [0.5, 0.6) is 0 Å². The molecule has 1 unspecified atom stereocenters. The van der Waals surface area contributed by atoms with Crippen LogP contribution in [0.15, 0.2) is 24.3 Å². The third kappa shape index (κ3) is 1.11. The highest BCUT2D eigenvalue weighted by Gasteiger charge is 2.26. The van der Waals surface area contributed by atoms with E-state index in [0.29, 0.717) is 6.54 Å². The standard InChI is InChI=1S/C8H8NO2P/c10-12(11)9-6-5-7-3-1-2-4-8(7)9/h1-4H,5-6H2. The molecule has 3 nitrogen and oxygen atoms in total. The first-order chi connectivity index (χ1) is 5.79. The van der Waals surface area contributed by atoms with Crippen LogP contribution in [0.2, 0.25) is 0 Å². The molecule has 1 aliphatic heterocycles. The van der Waals surface area contributed by atoms with Crippen molar-refractivity contribution < 1.29 is 9.46 Å². The van der Waals surface area contributed by atoms with Gasteiger partial charge < -0.3 is 4.89 Å². The van der Waals surface area contributed by atoms with Crippen LogP contribution in [-0.4, -0.2) is 6.54 Å². The van der Waals surface area contributed by atoms with Crippen molar-refractivity contribution in [2.75, 3.05) is 11.2 Å². The van der Waals surface area contributed by atoms with Gasteiger partial charge in [0.25, 0.3) is 0 Å². The average molecular weight is 181 g/mol. The van der Waals surface area contributed by atoms with Crippen LogP contribution in [0.25, 0.3) is 0 Å². The van der Waals surface area contributed by atoms with Gasteiger partial charge in [0.2, 0.25) is 0 Å². The van der Waals surface area contributed by atoms with Crippen molar-refractivity contribution in [3.63, 3.8) is 0 Å². The SMILES string of the molecule is O=[P+]([O-])N1CCc2ccccc21. The zero-order valence-corrected chi connectivity index (χ0v) is 7.33. The number of anilines is 1. The smallest absolute Gasteiger partial charge is 0.440 e. The lowest BCUT2D eigenvalue weighted by atomic mass is 10.2. The Bertz CT molecular complexity index is 327. The quantitative estimate of drug-likeness (QED) is 0.608. The average Bonchev–Trinajstić information content (AvgIpc) is 2.47. The molecule has 0 N–H and O–H groups in total. The fourth-order valence-electron chi connectivity index (χ4n) is 1.49. The van der Waals surface area contributed by atoms with Gasteiger partial charge in [-0.2, -0.15) is 4.67 Å². The molecular formula is C8H8NO2P. The van der Waals surface area contributed by atoms with Crippen molar-refractivity contribution in [2.24, 2.45) is 0 Å². The van der Waals surface area contributed by atoms with Gasteiger partial charge in [-0.3, -0.25) is 0 Å². The van der Waals surface area contributed by atoms with Crippen LogP contribution in [0.1, 0.15) is 5.56 Å². The van der Waals surface area contributed by atoms with Gasteiger partial charge in [-0.1, -0.05) is 18.2 Å². The third-order valence-electron chi connectivity index (χ3n) is 2.06. The maximum atomic E-state index is 10.7. The summed E-state index contributed by atoms with van der Waals surface area (Å²) >= 11 is 0. The fourth-order valence-corrected chi connectivity index (χ4v) is 2.12. The van der Waals surface area contributed by atoms with Crippen LogP contribution >= 0.6 is 8.18 Å². The predicted octanol–water partition coefficient (Wildman–Crippen LogP) is 1.07. The Morgan fingerprint density at radius 2 is 2.17 bits per heavy atom. The molecule has 0 bridgehead atoms. The second-order valence-corrected chi connectivity index (χ2v) is 3.70. The molecule has 1 aromatic rings. The molecule has 0 aliphatic carbocycles. The Morgan fingerprint density at radius 1 is 1.42 bits per heavy atom. The second kappa shape index (κ2) is 2.85. The number of fused-ring (bicyclic) bond motifs is 1. The Hall–Kier alpha value is -0.920. The molecule has 0 spiro atoms. The first-order valence-electron chi connectivity index (χ1n) is 3.79. The van der Waals surface area contributed by atoms with Gasteiger partial charge in [0.1, 0.15) is 0 Å². The van der Waals surface area contributed by atoms with Crippen LogP contribution in [0.4, 0.5) is 5.69 Å². The number of para-hydroxylation sites is 1. The minimum Gasteiger partial charge on any atom is -0.573 e. The van der Waals surface area contributed by atoms with Gasteiger partial charge in [-0.25, -0.2) is 0 Å². The highest BCUT2D eigenvalue weighted by molar-refractivity contribution is 7.38. The summed E-state index contributed by atoms with van der Waals surface area (Å²) in [7, 11) is -2.45. The van der Waals surface area contributed by atoms with E-state index >= 15 is 0 Å². The van der Waals surface area contributed by atoms with E-state index < -0.39 is 8.18 Å². The minimum absolute atomic E-state index is 0.595. The Balaban J connectivity index is 2.42. The second-order valence-electron chi connectivity index (χ2n) is 2.74. The molecule has 2 rings (SSSR count). The zero-order valence-electron chi connectivity index (χ0n) is 6.43. The highest BCUT2D eigenvalue weighted by Crippen LogP contribution is 2.35. The first kappa shape index (κ1) is 7.71. The summed E-state index contributed by atoms with van der Waals surface area (Å²) in [4.78, 5) is 10.7. The molecular weight excluding hydrogens is 173 g/mol. The van der Waals surface area contributed by atoms with E-state index in [1.165, 1.54) is 4.67 Å². The van der Waals surface area contributed by atoms with Gasteiger partial charge in [0.05, 0.1) is 12.2 Å². The van der Waals surface area contributed by atoms with Crippen molar-refractivity contribution in [2.45, 2.75) is 6.42 Å². The molecule has 1 heterocycles. The summed E-state index contributed by atoms with van der Waals surface area (Å²) < 4.78 is 12.1. The minimum atomic E-state index is -2.45. The Labute approximate surface area is 71.6 Å². The van der Waals surface area contributed by atoms with E-state index in [1.54, 1.807) is 0 Å². The summed E-state index contributed by atoms with van der Waals surface area (Å²) in [5.74, 6) is 0. The van der Waals surface area contributed by atoms with Gasteiger partial charge in [-0.05, 0) is 22.6 Å². The van der Waals surface area contributed by atoms with E-state index in [4.69, 9.17) is 0 Å². The van der Waals surface area contributed by atoms with Crippen molar-refractivity contribution >= 4 is 13.9 Å². The molecule has 0 fully saturated rings. The maximum Gasteiger partial charge on any atom is 0.440 e. The number of hydrogen-bond donors (Lipinski definition) is 0. The number of benzene rings is 1. The van der Waals surface area contributed by atoms with Crippen molar-refractivity contribution in [1.29, 1.82) is 0 Å². The molecule has 1 aromatic carbocycles. The lowest BCUT2D eigenvalue weighted by Crippen LogP contribution is -2.15. The van der Waals surface area contributed by atoms with Crippen molar-refractivity contribution in [1.82, 2.24) is 0 Å². The van der Waals surface area contributed by atoms with E-state index in [1.807, 2.05) is 24.3 Å². The summed E-state index contributed by atoms with van der Waals surface area (Å²) in [5, 5.41) is 0. The molecule has 4 heteroatoms. The van der Waals surface area contributed by atoms with E-state index in [-0.39, 0.29) is 0 Å².